The van der Waals surface area contributed by atoms with E-state index in [2.05, 4.69) is 4.98 Å². The minimum Gasteiger partial charge on any atom is -0.455 e. The number of rotatable bonds is 3. The van der Waals surface area contributed by atoms with Crippen LogP contribution < -0.4 is 4.74 Å². The third-order valence-corrected chi connectivity index (χ3v) is 4.34. The third kappa shape index (κ3) is 2.61. The van der Waals surface area contributed by atoms with Gasteiger partial charge >= 0.3 is 0 Å². The van der Waals surface area contributed by atoms with Crippen molar-refractivity contribution in [3.05, 3.63) is 52.6 Å². The number of benzene rings is 1. The number of aromatic nitrogens is 1. The molecule has 0 radical (unpaired) electrons. The van der Waals surface area contributed by atoms with Crippen LogP contribution in [0.3, 0.4) is 0 Å². The van der Waals surface area contributed by atoms with Crippen LogP contribution in [0.15, 0.2) is 24.4 Å². The Morgan fingerprint density at radius 1 is 1.33 bits per heavy atom. The molecule has 1 heterocycles. The number of nitrogens with zero attached hydrogens (tertiary/aromatic N) is 2. The molecular weight excluding hydrogens is 314 g/mol. The first-order valence-electron chi connectivity index (χ1n) is 7.66. The Kier molecular flexibility index (Phi) is 4.20. The van der Waals surface area contributed by atoms with Gasteiger partial charge in [-0.1, -0.05) is 6.92 Å². The number of aliphatic hydroxyl groups is 1. The van der Waals surface area contributed by atoms with Gasteiger partial charge in [-0.25, -0.2) is 8.78 Å². The zero-order valence-electron chi connectivity index (χ0n) is 13.3. The summed E-state index contributed by atoms with van der Waals surface area (Å²) in [4.78, 5) is 4.16. The van der Waals surface area contributed by atoms with Gasteiger partial charge in [0.1, 0.15) is 29.6 Å². The normalized spacial score (nSPS) is 22.1. The maximum absolute atomic E-state index is 14.4. The maximum atomic E-state index is 14.4. The first-order chi connectivity index (χ1) is 11.5. The third-order valence-electron chi connectivity index (χ3n) is 4.34. The molecule has 2 aromatic rings. The first-order valence-corrected chi connectivity index (χ1v) is 7.66. The zero-order valence-corrected chi connectivity index (χ0v) is 13.3. The Morgan fingerprint density at radius 3 is 2.75 bits per heavy atom. The summed E-state index contributed by atoms with van der Waals surface area (Å²) in [5.74, 6) is -0.714. The molecule has 1 aromatic carbocycles. The topological polar surface area (TPSA) is 66.1 Å². The van der Waals surface area contributed by atoms with E-state index in [1.54, 1.807) is 6.92 Å². The molecule has 0 saturated carbocycles. The van der Waals surface area contributed by atoms with E-state index in [0.717, 1.165) is 12.1 Å². The average molecular weight is 330 g/mol. The summed E-state index contributed by atoms with van der Waals surface area (Å²) >= 11 is 0. The minimum absolute atomic E-state index is 0.122. The largest absolute Gasteiger partial charge is 0.455 e. The number of fused-ring (bicyclic) bond motifs is 1. The van der Waals surface area contributed by atoms with Crippen molar-refractivity contribution in [3.8, 4) is 17.6 Å². The quantitative estimate of drug-likeness (QED) is 0.921. The molecule has 6 heteroatoms. The predicted molar refractivity (Wildman–Crippen MR) is 83.1 cm³/mol. The second-order valence-corrected chi connectivity index (χ2v) is 5.83. The minimum atomic E-state index is -1.43. The van der Waals surface area contributed by atoms with Crippen LogP contribution in [0.1, 0.15) is 47.8 Å². The molecule has 0 bridgehead atoms. The van der Waals surface area contributed by atoms with Gasteiger partial charge in [0.15, 0.2) is 0 Å². The molecule has 0 amide bonds. The van der Waals surface area contributed by atoms with E-state index < -0.39 is 24.0 Å². The second kappa shape index (κ2) is 6.17. The summed E-state index contributed by atoms with van der Waals surface area (Å²) in [6.45, 7) is 3.53. The fraction of sp³-hybridized carbons (Fsp3) is 0.333. The molecule has 0 unspecified atom stereocenters. The van der Waals surface area contributed by atoms with Crippen LogP contribution in [0.25, 0.3) is 0 Å². The smallest absolute Gasteiger partial charge is 0.149 e. The fourth-order valence-electron chi connectivity index (χ4n) is 3.24. The number of ether oxygens (including phenoxy) is 1. The average Bonchev–Trinajstić information content (AvgIpc) is 2.82. The van der Waals surface area contributed by atoms with Crippen molar-refractivity contribution in [2.24, 2.45) is 0 Å². The van der Waals surface area contributed by atoms with Gasteiger partial charge in [0, 0.05) is 28.8 Å². The van der Waals surface area contributed by atoms with Crippen LogP contribution in [0.2, 0.25) is 0 Å². The Labute approximate surface area is 138 Å². The van der Waals surface area contributed by atoms with Crippen LogP contribution in [-0.2, 0) is 0 Å². The summed E-state index contributed by atoms with van der Waals surface area (Å²) in [6.07, 6.45) is -0.753. The molecule has 0 aliphatic heterocycles. The van der Waals surface area contributed by atoms with Crippen LogP contribution in [0, 0.1) is 24.1 Å². The van der Waals surface area contributed by atoms with E-state index in [1.165, 1.54) is 12.3 Å². The summed E-state index contributed by atoms with van der Waals surface area (Å²) in [5.41, 5.74) is 1.66. The standard InChI is InChI=1S/C18H16F2N2O2/c1-3-13-16-14(8-22-9(2)15(16)18(23)17(13)20)24-12-5-10(7-21)4-11(19)6-12/h4-6,8,13,17-18,23H,3H2,1-2H3/t13-,17-,18+/m1/s1. The molecule has 1 aliphatic carbocycles. The van der Waals surface area contributed by atoms with Crippen molar-refractivity contribution in [3.63, 3.8) is 0 Å². The van der Waals surface area contributed by atoms with Gasteiger partial charge in [0.05, 0.1) is 17.8 Å². The molecule has 0 fully saturated rings. The van der Waals surface area contributed by atoms with Gasteiger partial charge < -0.3 is 9.84 Å². The van der Waals surface area contributed by atoms with Gasteiger partial charge in [0.2, 0.25) is 0 Å². The zero-order chi connectivity index (χ0) is 17.4. The molecule has 1 aromatic heterocycles. The van der Waals surface area contributed by atoms with Crippen molar-refractivity contribution < 1.29 is 18.6 Å². The second-order valence-electron chi connectivity index (χ2n) is 5.83. The number of nitriles is 1. The Morgan fingerprint density at radius 2 is 2.08 bits per heavy atom. The van der Waals surface area contributed by atoms with Gasteiger partial charge in [-0.05, 0) is 25.5 Å². The first kappa shape index (κ1) is 16.3. The van der Waals surface area contributed by atoms with Crippen molar-refractivity contribution >= 4 is 0 Å². The monoisotopic (exact) mass is 330 g/mol. The van der Waals surface area contributed by atoms with Crippen LogP contribution >= 0.6 is 0 Å². The highest BCUT2D eigenvalue weighted by atomic mass is 19.1. The lowest BCUT2D eigenvalue weighted by Gasteiger charge is -2.16. The van der Waals surface area contributed by atoms with Crippen molar-refractivity contribution in [2.45, 2.75) is 38.5 Å². The molecule has 0 spiro atoms. The molecule has 4 nitrogen and oxygen atoms in total. The summed E-state index contributed by atoms with van der Waals surface area (Å²) < 4.78 is 33.7. The highest BCUT2D eigenvalue weighted by Gasteiger charge is 2.43. The molecule has 124 valence electrons. The summed E-state index contributed by atoms with van der Waals surface area (Å²) in [5, 5.41) is 19.1. The van der Waals surface area contributed by atoms with Gasteiger partial charge in [-0.15, -0.1) is 0 Å². The van der Waals surface area contributed by atoms with E-state index in [9.17, 15) is 13.9 Å². The molecule has 3 rings (SSSR count). The molecule has 0 saturated heterocycles. The van der Waals surface area contributed by atoms with Crippen molar-refractivity contribution in [1.29, 1.82) is 5.26 Å². The van der Waals surface area contributed by atoms with Crippen molar-refractivity contribution in [2.75, 3.05) is 0 Å². The van der Waals surface area contributed by atoms with Gasteiger partial charge in [0.25, 0.3) is 0 Å². The lowest BCUT2D eigenvalue weighted by molar-refractivity contribution is 0.0770. The number of halogens is 2. The molecular formula is C18H16F2N2O2. The van der Waals surface area contributed by atoms with E-state index in [0.29, 0.717) is 23.2 Å². The molecule has 1 aliphatic rings. The molecule has 3 atom stereocenters. The highest BCUT2D eigenvalue weighted by Crippen LogP contribution is 2.49. The van der Waals surface area contributed by atoms with E-state index in [-0.39, 0.29) is 17.1 Å². The Bertz CT molecular complexity index is 832. The molecule has 1 N–H and O–H groups in total. The van der Waals surface area contributed by atoms with Crippen LogP contribution in [0.5, 0.6) is 11.5 Å². The molecule has 24 heavy (non-hydrogen) atoms. The Balaban J connectivity index is 2.09. The van der Waals surface area contributed by atoms with Crippen LogP contribution in [-0.4, -0.2) is 16.3 Å². The van der Waals surface area contributed by atoms with E-state index in [1.807, 2.05) is 13.0 Å². The number of aliphatic hydroxyl groups excluding tert-OH is 1. The lowest BCUT2D eigenvalue weighted by atomic mass is 9.97. The number of pyridine rings is 1. The number of hydrogen-bond donors (Lipinski definition) is 1. The summed E-state index contributed by atoms with van der Waals surface area (Å²) in [7, 11) is 0. The van der Waals surface area contributed by atoms with Crippen LogP contribution in [0.4, 0.5) is 8.78 Å². The summed E-state index contributed by atoms with van der Waals surface area (Å²) in [6, 6.07) is 5.49. The number of hydrogen-bond acceptors (Lipinski definition) is 4. The lowest BCUT2D eigenvalue weighted by Crippen LogP contribution is -2.12. The number of alkyl halides is 1. The van der Waals surface area contributed by atoms with Crippen molar-refractivity contribution in [1.82, 2.24) is 4.98 Å². The maximum Gasteiger partial charge on any atom is 0.149 e. The SMILES string of the molecule is CC[C@@H]1c2c(Oc3cc(F)cc(C#N)c3)cnc(C)c2[C@H](O)[C@@H]1F. The van der Waals surface area contributed by atoms with E-state index >= 15 is 0 Å². The van der Waals surface area contributed by atoms with Gasteiger partial charge in [-0.3, -0.25) is 4.98 Å². The van der Waals surface area contributed by atoms with Gasteiger partial charge in [-0.2, -0.15) is 5.26 Å². The number of aryl methyl sites for hydroxylation is 1. The Hall–Kier alpha value is -2.52. The highest BCUT2D eigenvalue weighted by molar-refractivity contribution is 5.51. The predicted octanol–water partition coefficient (Wildman–Crippen LogP) is 4.07. The fourth-order valence-corrected chi connectivity index (χ4v) is 3.24. The van der Waals surface area contributed by atoms with E-state index in [4.69, 9.17) is 10.00 Å².